The van der Waals surface area contributed by atoms with E-state index in [2.05, 4.69) is 0 Å². The molecule has 4 heteroatoms. The van der Waals surface area contributed by atoms with Gasteiger partial charge in [-0.3, -0.25) is 9.59 Å². The Morgan fingerprint density at radius 1 is 1.43 bits per heavy atom. The van der Waals surface area contributed by atoms with Crippen LogP contribution in [0.3, 0.4) is 0 Å². The Morgan fingerprint density at radius 3 is 2.71 bits per heavy atom. The van der Waals surface area contributed by atoms with Gasteiger partial charge in [-0.05, 0) is 25.1 Å². The van der Waals surface area contributed by atoms with Gasteiger partial charge >= 0.3 is 5.97 Å². The Kier molecular flexibility index (Phi) is 3.65. The maximum absolute atomic E-state index is 11.0. The van der Waals surface area contributed by atoms with Crippen LogP contribution < -0.4 is 4.74 Å². The second-order valence-electron chi connectivity index (χ2n) is 2.81. The van der Waals surface area contributed by atoms with E-state index in [0.717, 1.165) is 0 Å². The number of Topliss-reactive ketones (excluding diaryl/α,β-unsaturated/α-hetero) is 1. The number of halogens is 1. The molecule has 14 heavy (non-hydrogen) atoms. The van der Waals surface area contributed by atoms with Gasteiger partial charge in [0.1, 0.15) is 18.0 Å². The molecule has 74 valence electrons. The molecule has 0 unspecified atom stereocenters. The molecule has 0 aliphatic heterocycles. The predicted molar refractivity (Wildman–Crippen MR) is 52.4 cm³/mol. The van der Waals surface area contributed by atoms with E-state index < -0.39 is 5.97 Å². The smallest absolute Gasteiger partial charge is 0.318 e. The highest BCUT2D eigenvalue weighted by atomic mass is 35.5. The molecule has 0 heterocycles. The molecule has 3 nitrogen and oxygen atoms in total. The number of esters is 1. The molecule has 0 radical (unpaired) electrons. The van der Waals surface area contributed by atoms with Crippen molar-refractivity contribution in [1.82, 2.24) is 0 Å². The molecular formula is C10H9ClO3. The summed E-state index contributed by atoms with van der Waals surface area (Å²) in [5.74, 6) is -0.444. The third kappa shape index (κ3) is 3.58. The quantitative estimate of drug-likeness (QED) is 0.438. The van der Waals surface area contributed by atoms with Gasteiger partial charge in [0.25, 0.3) is 0 Å². The summed E-state index contributed by atoms with van der Waals surface area (Å²) < 4.78 is 4.86. The normalized spacial score (nSPS) is 9.57. The molecule has 0 bridgehead atoms. The summed E-state index contributed by atoms with van der Waals surface area (Å²) in [7, 11) is 0. The lowest BCUT2D eigenvalue weighted by Crippen LogP contribution is -2.11. The first kappa shape index (κ1) is 10.7. The fourth-order valence-electron chi connectivity index (χ4n) is 0.901. The minimum Gasteiger partial charge on any atom is -0.426 e. The molecule has 0 aliphatic carbocycles. The topological polar surface area (TPSA) is 43.4 Å². The van der Waals surface area contributed by atoms with Gasteiger partial charge in [0.2, 0.25) is 0 Å². The molecule has 0 atom stereocenters. The van der Waals surface area contributed by atoms with Gasteiger partial charge in [0.15, 0.2) is 0 Å². The standard InChI is InChI=1S/C10H9ClO3/c1-7(12)5-10(13)14-9-4-2-3-8(11)6-9/h2-4,6H,5H2,1H3. The van der Waals surface area contributed by atoms with E-state index in [4.69, 9.17) is 16.3 Å². The molecule has 1 aromatic carbocycles. The molecule has 0 saturated heterocycles. The SMILES string of the molecule is CC(=O)CC(=O)Oc1cccc(Cl)c1. The fourth-order valence-corrected chi connectivity index (χ4v) is 1.08. The van der Waals surface area contributed by atoms with E-state index in [-0.39, 0.29) is 12.2 Å². The predicted octanol–water partition coefficient (Wildman–Crippen LogP) is 2.22. The van der Waals surface area contributed by atoms with Gasteiger partial charge in [0, 0.05) is 5.02 Å². The molecule has 0 spiro atoms. The van der Waals surface area contributed by atoms with Gasteiger partial charge in [-0.2, -0.15) is 0 Å². The Hall–Kier alpha value is -1.35. The van der Waals surface area contributed by atoms with Crippen LogP contribution in [-0.4, -0.2) is 11.8 Å². The highest BCUT2D eigenvalue weighted by molar-refractivity contribution is 6.30. The van der Waals surface area contributed by atoms with Crippen molar-refractivity contribution >= 4 is 23.4 Å². The lowest BCUT2D eigenvalue weighted by Gasteiger charge is -2.02. The van der Waals surface area contributed by atoms with Gasteiger partial charge in [0.05, 0.1) is 0 Å². The Balaban J connectivity index is 2.60. The van der Waals surface area contributed by atoms with Crippen molar-refractivity contribution in [1.29, 1.82) is 0 Å². The van der Waals surface area contributed by atoms with Crippen LogP contribution in [0.15, 0.2) is 24.3 Å². The molecule has 0 aromatic heterocycles. The van der Waals surface area contributed by atoms with E-state index in [0.29, 0.717) is 10.8 Å². The number of benzene rings is 1. The number of ketones is 1. The Bertz CT molecular complexity index is 360. The van der Waals surface area contributed by atoms with Gasteiger partial charge in [-0.1, -0.05) is 17.7 Å². The van der Waals surface area contributed by atoms with Crippen LogP contribution in [0.1, 0.15) is 13.3 Å². The van der Waals surface area contributed by atoms with Crippen molar-refractivity contribution in [2.45, 2.75) is 13.3 Å². The zero-order chi connectivity index (χ0) is 10.6. The van der Waals surface area contributed by atoms with Crippen LogP contribution in [0, 0.1) is 0 Å². The summed E-state index contributed by atoms with van der Waals surface area (Å²) in [6.45, 7) is 1.33. The van der Waals surface area contributed by atoms with Crippen LogP contribution in [0.5, 0.6) is 5.75 Å². The first-order valence-corrected chi connectivity index (χ1v) is 4.41. The molecule has 0 aliphatic rings. The number of carbonyl (C=O) groups is 2. The van der Waals surface area contributed by atoms with Gasteiger partial charge in [-0.15, -0.1) is 0 Å². The van der Waals surface area contributed by atoms with E-state index >= 15 is 0 Å². The number of hydrogen-bond acceptors (Lipinski definition) is 3. The Morgan fingerprint density at radius 2 is 2.14 bits per heavy atom. The lowest BCUT2D eigenvalue weighted by molar-refractivity contribution is -0.137. The lowest BCUT2D eigenvalue weighted by atomic mass is 10.3. The number of hydrogen-bond donors (Lipinski definition) is 0. The van der Waals surface area contributed by atoms with Crippen molar-refractivity contribution in [3.8, 4) is 5.75 Å². The van der Waals surface area contributed by atoms with Crippen molar-refractivity contribution in [2.75, 3.05) is 0 Å². The zero-order valence-corrected chi connectivity index (χ0v) is 8.38. The monoisotopic (exact) mass is 212 g/mol. The van der Waals surface area contributed by atoms with Gasteiger partial charge in [-0.25, -0.2) is 0 Å². The largest absolute Gasteiger partial charge is 0.426 e. The first-order valence-electron chi connectivity index (χ1n) is 4.03. The van der Waals surface area contributed by atoms with Gasteiger partial charge < -0.3 is 4.74 Å². The molecular weight excluding hydrogens is 204 g/mol. The van der Waals surface area contributed by atoms with E-state index in [1.165, 1.54) is 13.0 Å². The zero-order valence-electron chi connectivity index (χ0n) is 7.62. The summed E-state index contributed by atoms with van der Waals surface area (Å²) in [6, 6.07) is 6.45. The molecule has 0 N–H and O–H groups in total. The summed E-state index contributed by atoms with van der Waals surface area (Å²) in [5, 5.41) is 0.484. The second-order valence-corrected chi connectivity index (χ2v) is 3.25. The molecule has 0 saturated carbocycles. The molecule has 1 rings (SSSR count). The van der Waals surface area contributed by atoms with Crippen LogP contribution in [0.2, 0.25) is 5.02 Å². The first-order chi connectivity index (χ1) is 6.58. The maximum atomic E-state index is 11.0. The van der Waals surface area contributed by atoms with E-state index in [1.807, 2.05) is 0 Å². The van der Waals surface area contributed by atoms with Crippen molar-refractivity contribution < 1.29 is 14.3 Å². The summed E-state index contributed by atoms with van der Waals surface area (Å²) in [6.07, 6.45) is -0.216. The third-order valence-corrected chi connectivity index (χ3v) is 1.66. The fraction of sp³-hybridized carbons (Fsp3) is 0.200. The molecule has 0 amide bonds. The van der Waals surface area contributed by atoms with Crippen molar-refractivity contribution in [3.05, 3.63) is 29.3 Å². The minimum atomic E-state index is -0.570. The number of carbonyl (C=O) groups excluding carboxylic acids is 2. The van der Waals surface area contributed by atoms with Crippen LogP contribution in [-0.2, 0) is 9.59 Å². The average Bonchev–Trinajstić information content (AvgIpc) is 2.01. The highest BCUT2D eigenvalue weighted by Gasteiger charge is 2.07. The second kappa shape index (κ2) is 4.77. The van der Waals surface area contributed by atoms with Crippen LogP contribution in [0.25, 0.3) is 0 Å². The Labute approximate surface area is 86.6 Å². The van der Waals surface area contributed by atoms with Crippen LogP contribution >= 0.6 is 11.6 Å². The van der Waals surface area contributed by atoms with Crippen molar-refractivity contribution in [3.63, 3.8) is 0 Å². The average molecular weight is 213 g/mol. The molecule has 1 aromatic rings. The van der Waals surface area contributed by atoms with Crippen LogP contribution in [0.4, 0.5) is 0 Å². The summed E-state index contributed by atoms with van der Waals surface area (Å²) >= 11 is 5.68. The van der Waals surface area contributed by atoms with E-state index in [1.54, 1.807) is 18.2 Å². The summed E-state index contributed by atoms with van der Waals surface area (Å²) in [5.41, 5.74) is 0. The maximum Gasteiger partial charge on any atom is 0.318 e. The van der Waals surface area contributed by atoms with Crippen molar-refractivity contribution in [2.24, 2.45) is 0 Å². The summed E-state index contributed by atoms with van der Waals surface area (Å²) in [4.78, 5) is 21.6. The highest BCUT2D eigenvalue weighted by Crippen LogP contribution is 2.17. The number of rotatable bonds is 3. The van der Waals surface area contributed by atoms with E-state index in [9.17, 15) is 9.59 Å². The molecule has 0 fully saturated rings. The third-order valence-electron chi connectivity index (χ3n) is 1.42. The number of ether oxygens (including phenoxy) is 1. The minimum absolute atomic E-state index is 0.216.